The van der Waals surface area contributed by atoms with Crippen LogP contribution in [0.5, 0.6) is 0 Å². The molecule has 0 atom stereocenters. The Morgan fingerprint density at radius 3 is 2.24 bits per heavy atom. The van der Waals surface area contributed by atoms with Crippen LogP contribution < -0.4 is 5.32 Å². The zero-order chi connectivity index (χ0) is 26.5. The Bertz CT molecular complexity index is 1610. The van der Waals surface area contributed by atoms with E-state index in [2.05, 4.69) is 25.3 Å². The van der Waals surface area contributed by atoms with E-state index < -0.39 is 22.0 Å². The molecule has 188 valence electrons. The molecular formula is C25H18F3N5O3S. The molecule has 2 N–H and O–H groups in total. The maximum absolute atomic E-state index is 12.6. The Labute approximate surface area is 209 Å². The fourth-order valence-electron chi connectivity index (χ4n) is 3.19. The molecule has 0 saturated carbocycles. The van der Waals surface area contributed by atoms with Gasteiger partial charge in [0.15, 0.2) is 0 Å². The fourth-order valence-corrected chi connectivity index (χ4v) is 3.69. The topological polar surface area (TPSA) is 118 Å². The van der Waals surface area contributed by atoms with Gasteiger partial charge in [0.05, 0.1) is 28.0 Å². The Hall–Kier alpha value is -4.42. The molecule has 8 nitrogen and oxygen atoms in total. The van der Waals surface area contributed by atoms with Crippen LogP contribution in [0.3, 0.4) is 0 Å². The molecule has 0 fully saturated rings. The SMILES string of the molecule is FC(F)(F)c1ccc(Nc2cc(-c3ccc4cccnc4c3)ncn2)cn1.O=S(=O)(O)c1ccccc1. The summed E-state index contributed by atoms with van der Waals surface area (Å²) in [6.45, 7) is 0. The number of fused-ring (bicyclic) bond motifs is 1. The summed E-state index contributed by atoms with van der Waals surface area (Å²) in [6.07, 6.45) is -0.246. The monoisotopic (exact) mass is 525 g/mol. The lowest BCUT2D eigenvalue weighted by Crippen LogP contribution is -2.07. The lowest BCUT2D eigenvalue weighted by atomic mass is 10.1. The van der Waals surface area contributed by atoms with Crippen LogP contribution >= 0.6 is 0 Å². The van der Waals surface area contributed by atoms with E-state index in [-0.39, 0.29) is 4.90 Å². The summed E-state index contributed by atoms with van der Waals surface area (Å²) in [5.41, 5.74) is 1.82. The van der Waals surface area contributed by atoms with Crippen molar-refractivity contribution in [3.63, 3.8) is 0 Å². The normalized spacial score (nSPS) is 11.5. The molecule has 0 amide bonds. The second kappa shape index (κ2) is 10.7. The van der Waals surface area contributed by atoms with E-state index in [1.54, 1.807) is 30.5 Å². The molecule has 0 bridgehead atoms. The minimum atomic E-state index is -4.47. The maximum Gasteiger partial charge on any atom is 0.433 e. The maximum atomic E-state index is 12.6. The van der Waals surface area contributed by atoms with Gasteiger partial charge in [-0.1, -0.05) is 36.4 Å². The van der Waals surface area contributed by atoms with Gasteiger partial charge in [-0.3, -0.25) is 9.54 Å². The van der Waals surface area contributed by atoms with E-state index in [0.717, 1.165) is 28.7 Å². The minimum absolute atomic E-state index is 0.0741. The van der Waals surface area contributed by atoms with Gasteiger partial charge in [-0.05, 0) is 36.4 Å². The Kier molecular flexibility index (Phi) is 7.41. The highest BCUT2D eigenvalue weighted by molar-refractivity contribution is 7.85. The largest absolute Gasteiger partial charge is 0.433 e. The first kappa shape index (κ1) is 25.7. The molecule has 12 heteroatoms. The zero-order valence-electron chi connectivity index (χ0n) is 18.8. The quantitative estimate of drug-likeness (QED) is 0.284. The van der Waals surface area contributed by atoms with Gasteiger partial charge in [0, 0.05) is 23.2 Å². The number of anilines is 2. The predicted octanol–water partition coefficient (Wildman–Crippen LogP) is 5.78. The smallest absolute Gasteiger partial charge is 0.339 e. The summed E-state index contributed by atoms with van der Waals surface area (Å²) in [5.74, 6) is 0.447. The van der Waals surface area contributed by atoms with Crippen molar-refractivity contribution < 1.29 is 26.1 Å². The van der Waals surface area contributed by atoms with Crippen LogP contribution in [-0.2, 0) is 16.3 Å². The molecule has 0 aliphatic heterocycles. The molecule has 0 aliphatic rings. The zero-order valence-corrected chi connectivity index (χ0v) is 19.6. The van der Waals surface area contributed by atoms with E-state index in [4.69, 9.17) is 4.55 Å². The van der Waals surface area contributed by atoms with Crippen molar-refractivity contribution in [1.82, 2.24) is 19.9 Å². The van der Waals surface area contributed by atoms with Crippen molar-refractivity contribution in [2.75, 3.05) is 5.32 Å². The third-order valence-electron chi connectivity index (χ3n) is 4.94. The first-order valence-electron chi connectivity index (χ1n) is 10.6. The molecule has 5 rings (SSSR count). The van der Waals surface area contributed by atoms with Crippen molar-refractivity contribution in [3.05, 3.63) is 103 Å². The molecule has 2 aromatic carbocycles. The number of halogens is 3. The van der Waals surface area contributed by atoms with Gasteiger partial charge >= 0.3 is 6.18 Å². The Morgan fingerprint density at radius 2 is 1.59 bits per heavy atom. The summed E-state index contributed by atoms with van der Waals surface area (Å²) < 4.78 is 67.0. The number of benzene rings is 2. The summed E-state index contributed by atoms with van der Waals surface area (Å²) in [7, 11) is -4.00. The van der Waals surface area contributed by atoms with E-state index >= 15 is 0 Å². The molecule has 3 heterocycles. The van der Waals surface area contributed by atoms with Crippen molar-refractivity contribution in [2.24, 2.45) is 0 Å². The van der Waals surface area contributed by atoms with E-state index in [1.807, 2.05) is 30.3 Å². The van der Waals surface area contributed by atoms with Crippen molar-refractivity contribution >= 4 is 32.5 Å². The summed E-state index contributed by atoms with van der Waals surface area (Å²) in [6, 6.07) is 21.0. The average molecular weight is 526 g/mol. The summed E-state index contributed by atoms with van der Waals surface area (Å²) >= 11 is 0. The average Bonchev–Trinajstić information content (AvgIpc) is 2.89. The molecule has 37 heavy (non-hydrogen) atoms. The second-order valence-electron chi connectivity index (χ2n) is 7.54. The molecule has 0 saturated heterocycles. The summed E-state index contributed by atoms with van der Waals surface area (Å²) in [5, 5.41) is 3.95. The van der Waals surface area contributed by atoms with Gasteiger partial charge in [-0.2, -0.15) is 21.6 Å². The van der Waals surface area contributed by atoms with E-state index in [0.29, 0.717) is 17.2 Å². The molecule has 3 aromatic heterocycles. The number of rotatable bonds is 4. The minimum Gasteiger partial charge on any atom is -0.339 e. The van der Waals surface area contributed by atoms with Gasteiger partial charge in [0.2, 0.25) is 0 Å². The van der Waals surface area contributed by atoms with Crippen LogP contribution in [0, 0.1) is 0 Å². The summed E-state index contributed by atoms with van der Waals surface area (Å²) in [4.78, 5) is 16.0. The number of hydrogen-bond donors (Lipinski definition) is 2. The number of pyridine rings is 2. The van der Waals surface area contributed by atoms with Crippen molar-refractivity contribution in [1.29, 1.82) is 0 Å². The molecule has 0 unspecified atom stereocenters. The van der Waals surface area contributed by atoms with Gasteiger partial charge < -0.3 is 5.32 Å². The third kappa shape index (κ3) is 6.84. The molecular weight excluding hydrogens is 507 g/mol. The molecule has 0 aliphatic carbocycles. The van der Waals surface area contributed by atoms with Gasteiger partial charge in [-0.15, -0.1) is 0 Å². The van der Waals surface area contributed by atoms with Gasteiger partial charge in [0.1, 0.15) is 17.8 Å². The first-order chi connectivity index (χ1) is 17.6. The highest BCUT2D eigenvalue weighted by Crippen LogP contribution is 2.29. The standard InChI is InChI=1S/C19H12F3N5.C6H6O3S/c20-19(21,22)17-6-5-14(10-24-17)27-18-9-16(25-11-26-18)13-4-3-12-2-1-7-23-15(12)8-13;7-10(8,9)6-4-2-1-3-5-6/h1-11H,(H,25,26,27);1-5H,(H,7,8,9). The van der Waals surface area contributed by atoms with Crippen molar-refractivity contribution in [3.8, 4) is 11.3 Å². The lowest BCUT2D eigenvalue weighted by molar-refractivity contribution is -0.141. The molecule has 0 spiro atoms. The van der Waals surface area contributed by atoms with E-state index in [9.17, 15) is 21.6 Å². The first-order valence-corrected chi connectivity index (χ1v) is 12.0. The highest BCUT2D eigenvalue weighted by atomic mass is 32.2. The van der Waals surface area contributed by atoms with E-state index in [1.165, 1.54) is 24.5 Å². The number of hydrogen-bond acceptors (Lipinski definition) is 7. The molecule has 0 radical (unpaired) electrons. The van der Waals surface area contributed by atoms with Crippen LogP contribution in [0.2, 0.25) is 0 Å². The number of aromatic nitrogens is 4. The Morgan fingerprint density at radius 1 is 0.811 bits per heavy atom. The number of nitrogens with zero attached hydrogens (tertiary/aromatic N) is 4. The lowest BCUT2D eigenvalue weighted by Gasteiger charge is -2.09. The Balaban J connectivity index is 0.000000270. The van der Waals surface area contributed by atoms with Crippen LogP contribution in [0.25, 0.3) is 22.2 Å². The molecule has 5 aromatic rings. The second-order valence-corrected chi connectivity index (χ2v) is 8.96. The third-order valence-corrected chi connectivity index (χ3v) is 5.80. The number of alkyl halides is 3. The van der Waals surface area contributed by atoms with Crippen LogP contribution in [-0.4, -0.2) is 32.9 Å². The van der Waals surface area contributed by atoms with Crippen LogP contribution in [0.4, 0.5) is 24.7 Å². The fraction of sp³-hybridized carbons (Fsp3) is 0.0400. The van der Waals surface area contributed by atoms with Gasteiger partial charge in [-0.25, -0.2) is 15.0 Å². The number of nitrogens with one attached hydrogen (secondary N) is 1. The van der Waals surface area contributed by atoms with Crippen LogP contribution in [0.15, 0.2) is 102 Å². The van der Waals surface area contributed by atoms with Crippen LogP contribution in [0.1, 0.15) is 5.69 Å². The van der Waals surface area contributed by atoms with Gasteiger partial charge in [0.25, 0.3) is 10.1 Å². The van der Waals surface area contributed by atoms with Crippen molar-refractivity contribution in [2.45, 2.75) is 11.1 Å². The highest BCUT2D eigenvalue weighted by Gasteiger charge is 2.32. The predicted molar refractivity (Wildman–Crippen MR) is 132 cm³/mol.